The van der Waals surface area contributed by atoms with E-state index in [0.717, 1.165) is 31.2 Å². The van der Waals surface area contributed by atoms with Crippen LogP contribution in [0.15, 0.2) is 43.1 Å². The molecule has 6 rings (SSSR count). The number of aromatic amines is 2. The molecule has 1 fully saturated rings. The van der Waals surface area contributed by atoms with Gasteiger partial charge in [-0.15, -0.1) is 0 Å². The third-order valence-electron chi connectivity index (χ3n) is 6.06. The maximum atomic E-state index is 15.7. The van der Waals surface area contributed by atoms with Crippen LogP contribution in [0.5, 0.6) is 0 Å². The van der Waals surface area contributed by atoms with Gasteiger partial charge in [-0.1, -0.05) is 12.8 Å². The van der Waals surface area contributed by atoms with Gasteiger partial charge in [-0.2, -0.15) is 5.10 Å². The molecular weight excluding hydrogens is 423 g/mol. The van der Waals surface area contributed by atoms with E-state index in [1.807, 2.05) is 0 Å². The highest BCUT2D eigenvalue weighted by atomic mass is 19.1. The molecule has 10 heteroatoms. The van der Waals surface area contributed by atoms with Crippen LogP contribution in [0.4, 0.5) is 10.1 Å². The van der Waals surface area contributed by atoms with E-state index >= 15 is 4.39 Å². The molecule has 5 aromatic heterocycles. The fourth-order valence-corrected chi connectivity index (χ4v) is 4.39. The Morgan fingerprint density at radius 1 is 1.06 bits per heavy atom. The van der Waals surface area contributed by atoms with E-state index < -0.39 is 5.82 Å². The Hall–Kier alpha value is -4.21. The predicted molar refractivity (Wildman–Crippen MR) is 121 cm³/mol. The van der Waals surface area contributed by atoms with E-state index in [9.17, 15) is 4.79 Å². The molecule has 0 aliphatic heterocycles. The van der Waals surface area contributed by atoms with E-state index in [0.29, 0.717) is 33.8 Å². The van der Waals surface area contributed by atoms with Crippen LogP contribution in [-0.2, 0) is 4.79 Å². The van der Waals surface area contributed by atoms with Crippen molar-refractivity contribution in [1.29, 1.82) is 0 Å². The number of imidazole rings is 1. The number of carbonyl (C=O) groups excluding carboxylic acids is 1. The Bertz CT molecular complexity index is 1470. The first-order valence-electron chi connectivity index (χ1n) is 10.8. The molecule has 5 aromatic rings. The third kappa shape index (κ3) is 3.39. The number of aromatic nitrogens is 7. The van der Waals surface area contributed by atoms with Crippen LogP contribution in [0.2, 0.25) is 0 Å². The molecule has 3 N–H and O–H groups in total. The van der Waals surface area contributed by atoms with Crippen molar-refractivity contribution in [2.75, 3.05) is 5.32 Å². The summed E-state index contributed by atoms with van der Waals surface area (Å²) in [5, 5.41) is 10.3. The van der Waals surface area contributed by atoms with Crippen LogP contribution in [0.25, 0.3) is 44.7 Å². The number of pyridine rings is 3. The van der Waals surface area contributed by atoms with Crippen LogP contribution in [0.1, 0.15) is 25.7 Å². The molecule has 1 aliphatic rings. The first kappa shape index (κ1) is 19.5. The molecule has 1 aliphatic carbocycles. The van der Waals surface area contributed by atoms with Crippen molar-refractivity contribution in [3.05, 3.63) is 48.9 Å². The molecular formula is C23H19FN8O. The Labute approximate surface area is 186 Å². The van der Waals surface area contributed by atoms with Gasteiger partial charge in [0.15, 0.2) is 11.6 Å². The largest absolute Gasteiger partial charge is 0.336 e. The van der Waals surface area contributed by atoms with Crippen molar-refractivity contribution in [2.24, 2.45) is 5.92 Å². The van der Waals surface area contributed by atoms with Crippen LogP contribution >= 0.6 is 0 Å². The molecule has 33 heavy (non-hydrogen) atoms. The van der Waals surface area contributed by atoms with Gasteiger partial charge < -0.3 is 10.3 Å². The van der Waals surface area contributed by atoms with Gasteiger partial charge in [0.25, 0.3) is 0 Å². The molecule has 0 unspecified atom stereocenters. The molecule has 164 valence electrons. The molecule has 0 saturated heterocycles. The standard InChI is InChI=1S/C23H19FN8O/c24-19-18-17(31-32-21(18)22-29-15-5-6-25-10-16(15)30-22)11-27-20(19)13-7-14(9-26-8-13)28-23(33)12-3-1-2-4-12/h5-12H,1-4H2,(H,28,33)(H,29,30)(H,31,32). The van der Waals surface area contributed by atoms with E-state index in [2.05, 4.69) is 40.4 Å². The predicted octanol–water partition coefficient (Wildman–Crippen LogP) is 4.23. The quantitative estimate of drug-likeness (QED) is 0.383. The average molecular weight is 442 g/mol. The molecule has 1 amide bonds. The Balaban J connectivity index is 1.39. The van der Waals surface area contributed by atoms with E-state index in [4.69, 9.17) is 0 Å². The van der Waals surface area contributed by atoms with Gasteiger partial charge >= 0.3 is 0 Å². The van der Waals surface area contributed by atoms with Crippen molar-refractivity contribution in [2.45, 2.75) is 25.7 Å². The van der Waals surface area contributed by atoms with Crippen molar-refractivity contribution in [3.63, 3.8) is 0 Å². The number of hydrogen-bond acceptors (Lipinski definition) is 6. The molecule has 9 nitrogen and oxygen atoms in total. The fraction of sp³-hybridized carbons (Fsp3) is 0.217. The number of nitrogens with one attached hydrogen (secondary N) is 3. The summed E-state index contributed by atoms with van der Waals surface area (Å²) in [5.41, 5.74) is 3.33. The van der Waals surface area contributed by atoms with Crippen LogP contribution in [0.3, 0.4) is 0 Å². The van der Waals surface area contributed by atoms with Crippen molar-refractivity contribution < 1.29 is 9.18 Å². The Morgan fingerprint density at radius 2 is 1.94 bits per heavy atom. The van der Waals surface area contributed by atoms with Gasteiger partial charge in [-0.05, 0) is 25.0 Å². The smallest absolute Gasteiger partial charge is 0.227 e. The first-order valence-corrected chi connectivity index (χ1v) is 10.8. The molecule has 5 heterocycles. The summed E-state index contributed by atoms with van der Waals surface area (Å²) < 4.78 is 15.7. The van der Waals surface area contributed by atoms with Gasteiger partial charge in [-0.3, -0.25) is 24.8 Å². The summed E-state index contributed by atoms with van der Waals surface area (Å²) in [4.78, 5) is 32.7. The number of nitrogens with zero attached hydrogens (tertiary/aromatic N) is 5. The number of rotatable bonds is 4. The first-order chi connectivity index (χ1) is 16.2. The lowest BCUT2D eigenvalue weighted by atomic mass is 10.1. The summed E-state index contributed by atoms with van der Waals surface area (Å²) >= 11 is 0. The van der Waals surface area contributed by atoms with E-state index in [-0.39, 0.29) is 22.9 Å². The average Bonchev–Trinajstić information content (AvgIpc) is 3.58. The zero-order valence-electron chi connectivity index (χ0n) is 17.5. The van der Waals surface area contributed by atoms with Gasteiger partial charge in [-0.25, -0.2) is 9.37 Å². The van der Waals surface area contributed by atoms with Gasteiger partial charge in [0.1, 0.15) is 16.9 Å². The van der Waals surface area contributed by atoms with Crippen molar-refractivity contribution in [1.82, 2.24) is 35.1 Å². The van der Waals surface area contributed by atoms with E-state index in [1.54, 1.807) is 30.7 Å². The molecule has 1 saturated carbocycles. The maximum Gasteiger partial charge on any atom is 0.227 e. The summed E-state index contributed by atoms with van der Waals surface area (Å²) in [6.45, 7) is 0. The van der Waals surface area contributed by atoms with Crippen molar-refractivity contribution in [3.8, 4) is 22.8 Å². The summed E-state index contributed by atoms with van der Waals surface area (Å²) in [6.07, 6.45) is 11.8. The van der Waals surface area contributed by atoms with Crippen LogP contribution < -0.4 is 5.32 Å². The zero-order valence-corrected chi connectivity index (χ0v) is 17.5. The Kier molecular flexibility index (Phi) is 4.56. The highest BCUT2D eigenvalue weighted by Gasteiger charge is 2.24. The second-order valence-electron chi connectivity index (χ2n) is 8.19. The highest BCUT2D eigenvalue weighted by Crippen LogP contribution is 2.33. The number of H-pyrrole nitrogens is 2. The van der Waals surface area contributed by atoms with E-state index in [1.165, 1.54) is 12.4 Å². The summed E-state index contributed by atoms with van der Waals surface area (Å²) in [7, 11) is 0. The monoisotopic (exact) mass is 442 g/mol. The fourth-order valence-electron chi connectivity index (χ4n) is 4.39. The minimum atomic E-state index is -0.545. The second-order valence-corrected chi connectivity index (χ2v) is 8.19. The van der Waals surface area contributed by atoms with Gasteiger partial charge in [0, 0.05) is 23.9 Å². The van der Waals surface area contributed by atoms with Crippen LogP contribution in [0, 0.1) is 11.7 Å². The number of anilines is 1. The minimum Gasteiger partial charge on any atom is -0.336 e. The SMILES string of the molecule is O=C(Nc1cncc(-c2ncc3[nH]nc(-c4nc5cnccc5[nH]4)c3c2F)c1)C1CCCC1. The lowest BCUT2D eigenvalue weighted by Gasteiger charge is -2.11. The summed E-state index contributed by atoms with van der Waals surface area (Å²) in [6, 6.07) is 3.48. The number of fused-ring (bicyclic) bond motifs is 2. The number of carbonyl (C=O) groups is 1. The van der Waals surface area contributed by atoms with Gasteiger partial charge in [0.2, 0.25) is 5.91 Å². The van der Waals surface area contributed by atoms with Crippen molar-refractivity contribution >= 4 is 33.5 Å². The normalized spacial score (nSPS) is 14.3. The topological polar surface area (TPSA) is 125 Å². The molecule has 0 atom stereocenters. The molecule has 0 bridgehead atoms. The lowest BCUT2D eigenvalue weighted by Crippen LogP contribution is -2.20. The molecule has 0 spiro atoms. The number of hydrogen-bond donors (Lipinski definition) is 3. The second kappa shape index (κ2) is 7.73. The van der Waals surface area contributed by atoms with Crippen LogP contribution in [-0.4, -0.2) is 41.0 Å². The summed E-state index contributed by atoms with van der Waals surface area (Å²) in [5.74, 6) is -0.119. The number of amides is 1. The third-order valence-corrected chi connectivity index (χ3v) is 6.06. The molecule has 0 radical (unpaired) electrons. The maximum absolute atomic E-state index is 15.7. The minimum absolute atomic E-state index is 0.0207. The lowest BCUT2D eigenvalue weighted by molar-refractivity contribution is -0.119. The Morgan fingerprint density at radius 3 is 2.79 bits per heavy atom. The molecule has 0 aromatic carbocycles. The number of halogens is 1. The highest BCUT2D eigenvalue weighted by molar-refractivity contribution is 5.96. The van der Waals surface area contributed by atoms with Gasteiger partial charge in [0.05, 0.1) is 40.7 Å². The zero-order chi connectivity index (χ0) is 22.4.